The number of allylic oxidation sites excluding steroid dienone is 3. The van der Waals surface area contributed by atoms with Crippen LogP contribution in [-0.4, -0.2) is 24.0 Å². The molecule has 160 valence electrons. The van der Waals surface area contributed by atoms with Crippen LogP contribution in [-0.2, 0) is 14.3 Å². The molecule has 1 aliphatic heterocycles. The van der Waals surface area contributed by atoms with E-state index in [4.69, 9.17) is 9.47 Å². The molecular weight excluding hydrogens is 378 g/mol. The lowest BCUT2D eigenvalue weighted by molar-refractivity contribution is -0.144. The number of carbonyl (C=O) groups is 2. The molecule has 0 bridgehead atoms. The summed E-state index contributed by atoms with van der Waals surface area (Å²) in [6.07, 6.45) is 6.12. The maximum Gasteiger partial charge on any atom is 0.337 e. The van der Waals surface area contributed by atoms with E-state index in [1.807, 2.05) is 45.0 Å². The third-order valence-corrected chi connectivity index (χ3v) is 6.16. The normalized spacial score (nSPS) is 22.3. The third-order valence-electron chi connectivity index (χ3n) is 6.16. The summed E-state index contributed by atoms with van der Waals surface area (Å²) in [6, 6.07) is 7.75. The fourth-order valence-corrected chi connectivity index (χ4v) is 4.87. The van der Waals surface area contributed by atoms with Gasteiger partial charge in [-0.1, -0.05) is 18.2 Å². The summed E-state index contributed by atoms with van der Waals surface area (Å²) in [5.41, 5.74) is 3.80. The van der Waals surface area contributed by atoms with Gasteiger partial charge in [0.1, 0.15) is 11.9 Å². The summed E-state index contributed by atoms with van der Waals surface area (Å²) in [5, 5.41) is 3.36. The number of benzene rings is 1. The molecule has 5 nitrogen and oxygen atoms in total. The van der Waals surface area contributed by atoms with Gasteiger partial charge in [0, 0.05) is 29.0 Å². The molecule has 1 fully saturated rings. The first kappa shape index (κ1) is 20.7. The standard InChI is InChI=1S/C25H31NO4/c1-15(2)29-21-14-7-6-11-18(21)23-22(25(28)30-17-9-4-5-10-17)16(3)26-19-12-8-13-20(27)24(19)23/h6-7,11,14-15,17,23,26H,4-5,8-10,12-13H2,1-3H3/t23-/m0/s1. The molecule has 4 rings (SSSR count). The van der Waals surface area contributed by atoms with Crippen LogP contribution in [0, 0.1) is 0 Å². The van der Waals surface area contributed by atoms with Crippen molar-refractivity contribution in [2.45, 2.75) is 83.8 Å². The van der Waals surface area contributed by atoms with Gasteiger partial charge in [0.15, 0.2) is 5.78 Å². The lowest BCUT2D eigenvalue weighted by Gasteiger charge is -2.35. The molecule has 1 aromatic rings. The van der Waals surface area contributed by atoms with Crippen molar-refractivity contribution in [2.75, 3.05) is 0 Å². The van der Waals surface area contributed by atoms with E-state index < -0.39 is 5.92 Å². The van der Waals surface area contributed by atoms with Crippen molar-refractivity contribution in [3.63, 3.8) is 0 Å². The highest BCUT2D eigenvalue weighted by Crippen LogP contribution is 2.45. The van der Waals surface area contributed by atoms with Gasteiger partial charge in [0.05, 0.1) is 17.6 Å². The minimum absolute atomic E-state index is 0.0117. The number of esters is 1. The summed E-state index contributed by atoms with van der Waals surface area (Å²) >= 11 is 0. The smallest absolute Gasteiger partial charge is 0.337 e. The maximum atomic E-state index is 13.4. The predicted octanol–water partition coefficient (Wildman–Crippen LogP) is 4.93. The summed E-state index contributed by atoms with van der Waals surface area (Å²) < 4.78 is 12.0. The highest BCUT2D eigenvalue weighted by atomic mass is 16.5. The Bertz CT molecular complexity index is 905. The Morgan fingerprint density at radius 2 is 1.83 bits per heavy atom. The van der Waals surface area contributed by atoms with Gasteiger partial charge < -0.3 is 14.8 Å². The van der Waals surface area contributed by atoms with E-state index in [-0.39, 0.29) is 24.0 Å². The number of ketones is 1. The number of para-hydroxylation sites is 1. The van der Waals surface area contributed by atoms with Crippen LogP contribution in [0.3, 0.4) is 0 Å². The Hall–Kier alpha value is -2.56. The van der Waals surface area contributed by atoms with Gasteiger partial charge in [-0.25, -0.2) is 4.79 Å². The number of ether oxygens (including phenoxy) is 2. The first-order chi connectivity index (χ1) is 14.5. The number of dihydropyridines is 1. The Morgan fingerprint density at radius 1 is 1.10 bits per heavy atom. The molecule has 1 N–H and O–H groups in total. The van der Waals surface area contributed by atoms with E-state index in [0.29, 0.717) is 23.3 Å². The average Bonchev–Trinajstić information content (AvgIpc) is 3.20. The number of rotatable bonds is 5. The van der Waals surface area contributed by atoms with Crippen molar-refractivity contribution < 1.29 is 19.1 Å². The molecular formula is C25H31NO4. The lowest BCUT2D eigenvalue weighted by atomic mass is 9.75. The minimum Gasteiger partial charge on any atom is -0.491 e. The Labute approximate surface area is 178 Å². The van der Waals surface area contributed by atoms with Crippen LogP contribution in [0.1, 0.15) is 77.2 Å². The molecule has 0 saturated heterocycles. The molecule has 0 amide bonds. The first-order valence-corrected chi connectivity index (χ1v) is 11.2. The highest BCUT2D eigenvalue weighted by molar-refractivity contribution is 6.04. The Balaban J connectivity index is 1.80. The van der Waals surface area contributed by atoms with Crippen LogP contribution in [0.5, 0.6) is 5.75 Å². The van der Waals surface area contributed by atoms with Gasteiger partial charge in [-0.2, -0.15) is 0 Å². The highest BCUT2D eigenvalue weighted by Gasteiger charge is 2.41. The molecule has 0 aromatic heterocycles. The number of hydrogen-bond acceptors (Lipinski definition) is 5. The maximum absolute atomic E-state index is 13.4. The summed E-state index contributed by atoms with van der Waals surface area (Å²) in [4.78, 5) is 26.4. The van der Waals surface area contributed by atoms with Gasteiger partial charge >= 0.3 is 5.97 Å². The summed E-state index contributed by atoms with van der Waals surface area (Å²) in [5.74, 6) is 0.0365. The average molecular weight is 410 g/mol. The molecule has 0 radical (unpaired) electrons. The van der Waals surface area contributed by atoms with E-state index in [9.17, 15) is 9.59 Å². The fourth-order valence-electron chi connectivity index (χ4n) is 4.87. The van der Waals surface area contributed by atoms with Crippen LogP contribution >= 0.6 is 0 Å². The summed E-state index contributed by atoms with van der Waals surface area (Å²) in [6.45, 7) is 5.87. The number of carbonyl (C=O) groups excluding carboxylic acids is 2. The zero-order chi connectivity index (χ0) is 21.3. The lowest BCUT2D eigenvalue weighted by Crippen LogP contribution is -2.35. The Morgan fingerprint density at radius 3 is 2.57 bits per heavy atom. The van der Waals surface area contributed by atoms with Gasteiger partial charge in [0.25, 0.3) is 0 Å². The molecule has 1 atom stereocenters. The zero-order valence-corrected chi connectivity index (χ0v) is 18.1. The third kappa shape index (κ3) is 4.03. The van der Waals surface area contributed by atoms with Gasteiger partial charge in [-0.3, -0.25) is 4.79 Å². The quantitative estimate of drug-likeness (QED) is 0.699. The van der Waals surface area contributed by atoms with Gasteiger partial charge in [-0.15, -0.1) is 0 Å². The zero-order valence-electron chi connectivity index (χ0n) is 18.1. The largest absolute Gasteiger partial charge is 0.491 e. The molecule has 0 spiro atoms. The van der Waals surface area contributed by atoms with Crippen molar-refractivity contribution in [3.05, 3.63) is 52.4 Å². The summed E-state index contributed by atoms with van der Waals surface area (Å²) in [7, 11) is 0. The molecule has 1 aromatic carbocycles. The topological polar surface area (TPSA) is 64.6 Å². The SMILES string of the molecule is CC1=C(C(=O)OC2CCCC2)[C@H](c2ccccc2OC(C)C)C2=C(CCCC2=O)N1. The number of hydrogen-bond donors (Lipinski definition) is 1. The van der Waals surface area contributed by atoms with Crippen LogP contribution < -0.4 is 10.1 Å². The van der Waals surface area contributed by atoms with Crippen LogP contribution in [0.15, 0.2) is 46.8 Å². The van der Waals surface area contributed by atoms with E-state index >= 15 is 0 Å². The van der Waals surface area contributed by atoms with Crippen LogP contribution in [0.25, 0.3) is 0 Å². The predicted molar refractivity (Wildman–Crippen MR) is 115 cm³/mol. The van der Waals surface area contributed by atoms with Crippen molar-refractivity contribution in [3.8, 4) is 5.75 Å². The molecule has 1 saturated carbocycles. The molecule has 5 heteroatoms. The van der Waals surface area contributed by atoms with Crippen molar-refractivity contribution >= 4 is 11.8 Å². The molecule has 1 heterocycles. The molecule has 3 aliphatic rings. The molecule has 2 aliphatic carbocycles. The fraction of sp³-hybridized carbons (Fsp3) is 0.520. The van der Waals surface area contributed by atoms with Crippen LogP contribution in [0.2, 0.25) is 0 Å². The number of Topliss-reactive ketones (excluding diaryl/α,β-unsaturated/α-hetero) is 1. The number of nitrogens with one attached hydrogen (secondary N) is 1. The second-order valence-corrected chi connectivity index (χ2v) is 8.78. The van der Waals surface area contributed by atoms with E-state index in [1.165, 1.54) is 0 Å². The van der Waals surface area contributed by atoms with E-state index in [1.54, 1.807) is 0 Å². The minimum atomic E-state index is -0.460. The monoisotopic (exact) mass is 409 g/mol. The second kappa shape index (κ2) is 8.66. The van der Waals surface area contributed by atoms with E-state index in [0.717, 1.165) is 55.5 Å². The van der Waals surface area contributed by atoms with Gasteiger partial charge in [-0.05, 0) is 65.4 Å². The van der Waals surface area contributed by atoms with Crippen molar-refractivity contribution in [2.24, 2.45) is 0 Å². The molecule has 0 unspecified atom stereocenters. The van der Waals surface area contributed by atoms with Crippen molar-refractivity contribution in [1.82, 2.24) is 5.32 Å². The molecule has 30 heavy (non-hydrogen) atoms. The van der Waals surface area contributed by atoms with E-state index in [2.05, 4.69) is 5.32 Å². The first-order valence-electron chi connectivity index (χ1n) is 11.2. The Kier molecular flexibility index (Phi) is 5.98. The second-order valence-electron chi connectivity index (χ2n) is 8.78. The van der Waals surface area contributed by atoms with Crippen molar-refractivity contribution in [1.29, 1.82) is 0 Å². The van der Waals surface area contributed by atoms with Crippen LogP contribution in [0.4, 0.5) is 0 Å². The van der Waals surface area contributed by atoms with Gasteiger partial charge in [0.2, 0.25) is 0 Å².